The minimum absolute atomic E-state index is 0.253. The molecular formula is C38H38O7. The van der Waals surface area contributed by atoms with Crippen LogP contribution in [0.1, 0.15) is 49.7 Å². The lowest BCUT2D eigenvalue weighted by molar-refractivity contribution is -0.138. The first-order chi connectivity index (χ1) is 21.9. The number of carbonyl (C=O) groups excluding carboxylic acids is 3. The van der Waals surface area contributed by atoms with Crippen LogP contribution in [0.15, 0.2) is 122 Å². The summed E-state index contributed by atoms with van der Waals surface area (Å²) in [7, 11) is 0. The zero-order chi connectivity index (χ0) is 31.9. The zero-order valence-corrected chi connectivity index (χ0v) is 25.4. The van der Waals surface area contributed by atoms with Crippen molar-refractivity contribution in [3.05, 3.63) is 133 Å². The molecule has 1 aliphatic carbocycles. The van der Waals surface area contributed by atoms with Crippen LogP contribution >= 0.6 is 0 Å². The highest BCUT2D eigenvalue weighted by molar-refractivity contribution is 5.91. The highest BCUT2D eigenvalue weighted by atomic mass is 16.5. The van der Waals surface area contributed by atoms with Gasteiger partial charge in [-0.15, -0.1) is 0 Å². The van der Waals surface area contributed by atoms with E-state index in [1.807, 2.05) is 30.3 Å². The van der Waals surface area contributed by atoms with Crippen molar-refractivity contribution in [3.63, 3.8) is 0 Å². The molecule has 0 spiro atoms. The van der Waals surface area contributed by atoms with Crippen LogP contribution in [0.2, 0.25) is 0 Å². The number of carbonyl (C=O) groups is 3. The highest BCUT2D eigenvalue weighted by Crippen LogP contribution is 2.25. The summed E-state index contributed by atoms with van der Waals surface area (Å²) in [4.78, 5) is 35.4. The Bertz CT molecular complexity index is 1560. The van der Waals surface area contributed by atoms with Gasteiger partial charge in [-0.3, -0.25) is 4.79 Å². The summed E-state index contributed by atoms with van der Waals surface area (Å²) in [6, 6.07) is 24.1. The number of allylic oxidation sites excluding steroid dienone is 3. The van der Waals surface area contributed by atoms with Crippen LogP contribution in [0.5, 0.6) is 11.5 Å². The predicted octanol–water partition coefficient (Wildman–Crippen LogP) is 8.00. The number of ether oxygens (including phenoxy) is 4. The summed E-state index contributed by atoms with van der Waals surface area (Å²) in [5.74, 6) is 0.627. The van der Waals surface area contributed by atoms with Gasteiger partial charge in [-0.05, 0) is 97.2 Å². The van der Waals surface area contributed by atoms with Crippen molar-refractivity contribution < 1.29 is 33.3 Å². The lowest BCUT2D eigenvalue weighted by Crippen LogP contribution is -2.14. The first-order valence-corrected chi connectivity index (χ1v) is 15.1. The fourth-order valence-corrected chi connectivity index (χ4v) is 4.81. The average Bonchev–Trinajstić information content (AvgIpc) is 3.06. The van der Waals surface area contributed by atoms with Crippen molar-refractivity contribution in [2.45, 2.75) is 51.4 Å². The monoisotopic (exact) mass is 606 g/mol. The van der Waals surface area contributed by atoms with Gasteiger partial charge in [0.1, 0.15) is 17.3 Å². The van der Waals surface area contributed by atoms with Gasteiger partial charge in [-0.1, -0.05) is 61.7 Å². The molecule has 0 aromatic heterocycles. The molecule has 1 aliphatic rings. The normalized spacial score (nSPS) is 12.3. The maximum atomic E-state index is 12.7. The minimum atomic E-state index is -0.518. The quantitative estimate of drug-likeness (QED) is 0.0537. The van der Waals surface area contributed by atoms with Crippen molar-refractivity contribution in [3.8, 4) is 22.6 Å². The van der Waals surface area contributed by atoms with Crippen molar-refractivity contribution in [1.82, 2.24) is 0 Å². The van der Waals surface area contributed by atoms with E-state index in [2.05, 4.69) is 49.6 Å². The summed E-state index contributed by atoms with van der Waals surface area (Å²) >= 11 is 0. The van der Waals surface area contributed by atoms with Gasteiger partial charge >= 0.3 is 17.9 Å². The van der Waals surface area contributed by atoms with Gasteiger partial charge < -0.3 is 18.9 Å². The Hall–Kier alpha value is -5.17. The van der Waals surface area contributed by atoms with Gasteiger partial charge in [-0.2, -0.15) is 0 Å². The molecule has 0 radical (unpaired) electrons. The third-order valence-electron chi connectivity index (χ3n) is 7.21. The minimum Gasteiger partial charge on any atom is -0.494 e. The molecular weight excluding hydrogens is 568 g/mol. The number of aryl methyl sites for hydroxylation is 2. The van der Waals surface area contributed by atoms with E-state index in [0.29, 0.717) is 43.0 Å². The number of hydrogen-bond acceptors (Lipinski definition) is 7. The van der Waals surface area contributed by atoms with Gasteiger partial charge in [0.05, 0.1) is 12.9 Å². The Balaban J connectivity index is 1.24. The molecule has 45 heavy (non-hydrogen) atoms. The molecule has 0 N–H and O–H groups in total. The largest absolute Gasteiger partial charge is 0.494 e. The fraction of sp³-hybridized carbons (Fsp3) is 0.237. The van der Waals surface area contributed by atoms with Crippen molar-refractivity contribution in [2.24, 2.45) is 0 Å². The smallest absolute Gasteiger partial charge is 0.339 e. The molecule has 0 aliphatic heterocycles. The number of hydrogen-bond donors (Lipinski definition) is 0. The van der Waals surface area contributed by atoms with E-state index >= 15 is 0 Å². The van der Waals surface area contributed by atoms with Crippen LogP contribution in [0.4, 0.5) is 0 Å². The molecule has 232 valence electrons. The molecule has 3 aromatic carbocycles. The first-order valence-electron chi connectivity index (χ1n) is 15.1. The van der Waals surface area contributed by atoms with Gasteiger partial charge in [-0.25, -0.2) is 9.59 Å². The van der Waals surface area contributed by atoms with Crippen molar-refractivity contribution in [1.29, 1.82) is 0 Å². The van der Waals surface area contributed by atoms with E-state index in [9.17, 15) is 14.4 Å². The molecule has 0 atom stereocenters. The average molecular weight is 607 g/mol. The van der Waals surface area contributed by atoms with Crippen LogP contribution < -0.4 is 9.47 Å². The Morgan fingerprint density at radius 1 is 0.733 bits per heavy atom. The van der Waals surface area contributed by atoms with Crippen LogP contribution in [-0.4, -0.2) is 24.5 Å². The summed E-state index contributed by atoms with van der Waals surface area (Å²) < 4.78 is 21.3. The summed E-state index contributed by atoms with van der Waals surface area (Å²) in [6.07, 6.45) is 10.9. The Morgan fingerprint density at radius 3 is 2.20 bits per heavy atom. The molecule has 0 amide bonds. The Labute approximate surface area is 264 Å². The molecule has 4 rings (SSSR count). The Kier molecular flexibility index (Phi) is 12.5. The topological polar surface area (TPSA) is 88.1 Å². The fourth-order valence-electron chi connectivity index (χ4n) is 4.81. The second kappa shape index (κ2) is 17.2. The first kappa shape index (κ1) is 32.7. The maximum Gasteiger partial charge on any atom is 0.339 e. The van der Waals surface area contributed by atoms with Gasteiger partial charge in [0.15, 0.2) is 0 Å². The third-order valence-corrected chi connectivity index (χ3v) is 7.21. The van der Waals surface area contributed by atoms with E-state index in [4.69, 9.17) is 18.9 Å². The second-order valence-electron chi connectivity index (χ2n) is 10.5. The molecule has 7 heteroatoms. The van der Waals surface area contributed by atoms with Crippen LogP contribution in [-0.2, 0) is 36.7 Å². The number of benzene rings is 3. The molecule has 0 heterocycles. The third kappa shape index (κ3) is 10.8. The zero-order valence-electron chi connectivity index (χ0n) is 25.4. The van der Waals surface area contributed by atoms with E-state index in [0.717, 1.165) is 66.9 Å². The van der Waals surface area contributed by atoms with E-state index in [-0.39, 0.29) is 5.97 Å². The summed E-state index contributed by atoms with van der Waals surface area (Å²) in [6.45, 7) is 7.36. The molecule has 0 saturated carbocycles. The summed E-state index contributed by atoms with van der Waals surface area (Å²) in [5, 5.41) is 0. The van der Waals surface area contributed by atoms with Crippen molar-refractivity contribution in [2.75, 3.05) is 6.61 Å². The molecule has 3 aromatic rings. The second-order valence-corrected chi connectivity index (χ2v) is 10.5. The number of rotatable bonds is 16. The molecule has 0 unspecified atom stereocenters. The van der Waals surface area contributed by atoms with Gasteiger partial charge in [0.25, 0.3) is 0 Å². The van der Waals surface area contributed by atoms with Crippen LogP contribution in [0, 0.1) is 0 Å². The lowest BCUT2D eigenvalue weighted by atomic mass is 9.99. The lowest BCUT2D eigenvalue weighted by Gasteiger charge is -2.14. The molecule has 0 fully saturated rings. The van der Waals surface area contributed by atoms with Crippen molar-refractivity contribution >= 4 is 17.9 Å². The van der Waals surface area contributed by atoms with Crippen LogP contribution in [0.3, 0.4) is 0 Å². The van der Waals surface area contributed by atoms with Gasteiger partial charge in [0, 0.05) is 24.5 Å². The number of esters is 3. The van der Waals surface area contributed by atoms with E-state index in [1.54, 1.807) is 18.2 Å². The highest BCUT2D eigenvalue weighted by Gasteiger charge is 2.17. The molecule has 7 nitrogen and oxygen atoms in total. The summed E-state index contributed by atoms with van der Waals surface area (Å²) in [5.41, 5.74) is 5.04. The number of unbranched alkanes of at least 4 members (excludes halogenated alkanes) is 2. The van der Waals surface area contributed by atoms with E-state index < -0.39 is 11.9 Å². The molecule has 0 bridgehead atoms. The Morgan fingerprint density at radius 2 is 1.49 bits per heavy atom. The van der Waals surface area contributed by atoms with Crippen LogP contribution in [0.25, 0.3) is 11.1 Å². The van der Waals surface area contributed by atoms with E-state index in [1.165, 1.54) is 5.56 Å². The SMILES string of the molecule is C=COC(=O)CCCCCOc1ccc(-c2cccc(CCc3cccc(OC(=O)C4=CC=C(OC(=O)C=C)CC4)c3)c2)cc1. The maximum absolute atomic E-state index is 12.7. The van der Waals surface area contributed by atoms with Gasteiger partial charge in [0.2, 0.25) is 0 Å². The standard InChI is InChI=1S/C38H38O7/c1-3-36(39)44-34-23-19-31(20-24-34)38(41)45-35-13-9-11-29(27-35)16-15-28-10-8-12-32(26-28)30-17-21-33(22-18-30)43-25-7-5-6-14-37(40)42-4-2/h3-4,8-13,17-19,21-23,26-27H,1-2,5-7,14-16,20,24-25H2. The molecule has 0 saturated heterocycles. The predicted molar refractivity (Wildman–Crippen MR) is 173 cm³/mol.